The topological polar surface area (TPSA) is 89.1 Å². The van der Waals surface area contributed by atoms with Crippen molar-refractivity contribution < 1.29 is 28.5 Å². The van der Waals surface area contributed by atoms with Gasteiger partial charge in [-0.3, -0.25) is 4.79 Å². The van der Waals surface area contributed by atoms with Gasteiger partial charge in [0.25, 0.3) is 0 Å². The average molecular weight is 408 g/mol. The molecule has 160 valence electrons. The molecule has 1 aromatic carbocycles. The number of halogens is 1. The standard InChI is InChI=1S/C21H29FN2O5/c22-14-3-1-13(2-4-14)11-24-19(25)10-16-9-17-21(28-16)20(26)18(29-17)12-23-15-5-7-27-8-6-15/h1-4,15-18,20-21,23,26H,5-12H2,(H,24,25)/t16-,17+,18+,20+,21-/m0/s1. The number of aliphatic hydroxyl groups is 1. The van der Waals surface area contributed by atoms with Crippen LogP contribution in [0.5, 0.6) is 0 Å². The Morgan fingerprint density at radius 2 is 1.93 bits per heavy atom. The van der Waals surface area contributed by atoms with Gasteiger partial charge in [-0.15, -0.1) is 0 Å². The van der Waals surface area contributed by atoms with Crippen molar-refractivity contribution in [2.75, 3.05) is 19.8 Å². The molecule has 4 rings (SSSR count). The van der Waals surface area contributed by atoms with E-state index in [9.17, 15) is 14.3 Å². The highest BCUT2D eigenvalue weighted by molar-refractivity contribution is 5.76. The summed E-state index contributed by atoms with van der Waals surface area (Å²) in [6.45, 7) is 2.47. The number of fused-ring (bicyclic) bond motifs is 1. The summed E-state index contributed by atoms with van der Waals surface area (Å²) in [6.07, 6.45) is 0.947. The second-order valence-corrected chi connectivity index (χ2v) is 8.06. The molecule has 0 aliphatic carbocycles. The monoisotopic (exact) mass is 408 g/mol. The van der Waals surface area contributed by atoms with Crippen LogP contribution in [0, 0.1) is 5.82 Å². The van der Waals surface area contributed by atoms with Crippen LogP contribution in [-0.4, -0.2) is 67.3 Å². The molecule has 1 amide bonds. The number of ether oxygens (including phenoxy) is 3. The number of hydrogen-bond donors (Lipinski definition) is 3. The van der Waals surface area contributed by atoms with Gasteiger partial charge in [0.1, 0.15) is 18.0 Å². The summed E-state index contributed by atoms with van der Waals surface area (Å²) >= 11 is 0. The maximum absolute atomic E-state index is 12.9. The lowest BCUT2D eigenvalue weighted by atomic mass is 10.1. The van der Waals surface area contributed by atoms with Gasteiger partial charge < -0.3 is 30.0 Å². The quantitative estimate of drug-likeness (QED) is 0.621. The lowest BCUT2D eigenvalue weighted by molar-refractivity contribution is -0.124. The predicted octanol–water partition coefficient (Wildman–Crippen LogP) is 0.886. The normalized spacial score (nSPS) is 32.3. The number of nitrogens with one attached hydrogen (secondary N) is 2. The lowest BCUT2D eigenvalue weighted by Crippen LogP contribution is -2.44. The fourth-order valence-electron chi connectivity index (χ4n) is 4.28. The van der Waals surface area contributed by atoms with Gasteiger partial charge in [-0.05, 0) is 30.5 Å². The Labute approximate surface area is 169 Å². The number of benzene rings is 1. The van der Waals surface area contributed by atoms with Gasteiger partial charge in [0.2, 0.25) is 5.91 Å². The molecule has 3 aliphatic rings. The molecule has 3 saturated heterocycles. The third kappa shape index (κ3) is 5.32. The number of amides is 1. The van der Waals surface area contributed by atoms with Crippen molar-refractivity contribution in [2.24, 2.45) is 0 Å². The van der Waals surface area contributed by atoms with E-state index >= 15 is 0 Å². The first-order chi connectivity index (χ1) is 14.1. The van der Waals surface area contributed by atoms with Crippen molar-refractivity contribution in [3.8, 4) is 0 Å². The van der Waals surface area contributed by atoms with Crippen LogP contribution in [0.2, 0.25) is 0 Å². The smallest absolute Gasteiger partial charge is 0.222 e. The molecule has 8 heteroatoms. The summed E-state index contributed by atoms with van der Waals surface area (Å²) in [5.41, 5.74) is 0.836. The van der Waals surface area contributed by atoms with E-state index in [0.717, 1.165) is 31.6 Å². The van der Waals surface area contributed by atoms with E-state index in [2.05, 4.69) is 10.6 Å². The second-order valence-electron chi connectivity index (χ2n) is 8.06. The second kappa shape index (κ2) is 9.49. The fourth-order valence-corrected chi connectivity index (χ4v) is 4.28. The van der Waals surface area contributed by atoms with E-state index in [1.165, 1.54) is 12.1 Å². The van der Waals surface area contributed by atoms with Crippen LogP contribution >= 0.6 is 0 Å². The number of hydrogen-bond acceptors (Lipinski definition) is 6. The van der Waals surface area contributed by atoms with Crippen LogP contribution in [0.25, 0.3) is 0 Å². The lowest BCUT2D eigenvalue weighted by Gasteiger charge is -2.26. The number of carbonyl (C=O) groups is 1. The molecule has 0 aromatic heterocycles. The van der Waals surface area contributed by atoms with E-state index in [1.54, 1.807) is 12.1 Å². The Morgan fingerprint density at radius 3 is 2.66 bits per heavy atom. The number of rotatable bonds is 7. The molecule has 1 aromatic rings. The molecule has 0 bridgehead atoms. The predicted molar refractivity (Wildman–Crippen MR) is 103 cm³/mol. The van der Waals surface area contributed by atoms with Gasteiger partial charge in [0.15, 0.2) is 0 Å². The van der Waals surface area contributed by atoms with Gasteiger partial charge in [-0.1, -0.05) is 12.1 Å². The molecular weight excluding hydrogens is 379 g/mol. The zero-order chi connectivity index (χ0) is 20.2. The molecule has 7 nitrogen and oxygen atoms in total. The number of carbonyl (C=O) groups excluding carboxylic acids is 1. The van der Waals surface area contributed by atoms with Crippen molar-refractivity contribution in [3.05, 3.63) is 35.6 Å². The summed E-state index contributed by atoms with van der Waals surface area (Å²) in [5, 5.41) is 16.8. The molecule has 0 saturated carbocycles. The van der Waals surface area contributed by atoms with Crippen LogP contribution < -0.4 is 10.6 Å². The maximum Gasteiger partial charge on any atom is 0.222 e. The van der Waals surface area contributed by atoms with Crippen molar-refractivity contribution in [3.63, 3.8) is 0 Å². The van der Waals surface area contributed by atoms with E-state index in [-0.39, 0.29) is 42.6 Å². The highest BCUT2D eigenvalue weighted by Crippen LogP contribution is 2.35. The molecule has 3 N–H and O–H groups in total. The van der Waals surface area contributed by atoms with Crippen molar-refractivity contribution in [1.82, 2.24) is 10.6 Å². The molecule has 0 spiro atoms. The Kier molecular flexibility index (Phi) is 6.77. The molecule has 3 heterocycles. The third-order valence-electron chi connectivity index (χ3n) is 5.92. The van der Waals surface area contributed by atoms with Gasteiger partial charge in [-0.25, -0.2) is 4.39 Å². The SMILES string of the molecule is O=C(C[C@@H]1C[C@H]2O[C@H](CNC3CCOCC3)[C@@H](O)[C@H]2O1)NCc1ccc(F)cc1. The van der Waals surface area contributed by atoms with Gasteiger partial charge in [0, 0.05) is 38.8 Å². The summed E-state index contributed by atoms with van der Waals surface area (Å²) < 4.78 is 30.2. The van der Waals surface area contributed by atoms with Crippen LogP contribution in [0.15, 0.2) is 24.3 Å². The Morgan fingerprint density at radius 1 is 1.17 bits per heavy atom. The van der Waals surface area contributed by atoms with Crippen molar-refractivity contribution in [1.29, 1.82) is 0 Å². The molecule has 3 aliphatic heterocycles. The molecular formula is C21H29FN2O5. The summed E-state index contributed by atoms with van der Waals surface area (Å²) in [5.74, 6) is -0.433. The summed E-state index contributed by atoms with van der Waals surface area (Å²) in [7, 11) is 0. The molecule has 29 heavy (non-hydrogen) atoms. The largest absolute Gasteiger partial charge is 0.388 e. The minimum Gasteiger partial charge on any atom is -0.388 e. The summed E-state index contributed by atoms with van der Waals surface area (Å²) in [6, 6.07) is 6.43. The van der Waals surface area contributed by atoms with Crippen molar-refractivity contribution >= 4 is 5.91 Å². The first-order valence-electron chi connectivity index (χ1n) is 10.4. The highest BCUT2D eigenvalue weighted by Gasteiger charge is 2.50. The van der Waals surface area contributed by atoms with Gasteiger partial charge in [0.05, 0.1) is 24.7 Å². The first-order valence-corrected chi connectivity index (χ1v) is 10.4. The Balaban J connectivity index is 1.18. The van der Waals surface area contributed by atoms with Gasteiger partial charge >= 0.3 is 0 Å². The first kappa shape index (κ1) is 20.7. The van der Waals surface area contributed by atoms with Crippen LogP contribution in [-0.2, 0) is 25.5 Å². The molecule has 0 radical (unpaired) electrons. The van der Waals surface area contributed by atoms with Crippen molar-refractivity contribution in [2.45, 2.75) is 68.8 Å². The Hall–Kier alpha value is -1.58. The zero-order valence-corrected chi connectivity index (χ0v) is 16.4. The van der Waals surface area contributed by atoms with Gasteiger partial charge in [-0.2, -0.15) is 0 Å². The molecule has 0 unspecified atom stereocenters. The minimum absolute atomic E-state index is 0.133. The van der Waals surface area contributed by atoms with E-state index < -0.39 is 6.10 Å². The van der Waals surface area contributed by atoms with Crippen LogP contribution in [0.3, 0.4) is 0 Å². The molecule has 5 atom stereocenters. The third-order valence-corrected chi connectivity index (χ3v) is 5.92. The summed E-state index contributed by atoms with van der Waals surface area (Å²) in [4.78, 5) is 12.2. The average Bonchev–Trinajstić information content (AvgIpc) is 3.25. The van der Waals surface area contributed by atoms with E-state index in [0.29, 0.717) is 25.6 Å². The van der Waals surface area contributed by atoms with E-state index in [1.807, 2.05) is 0 Å². The van der Waals surface area contributed by atoms with Crippen LogP contribution in [0.1, 0.15) is 31.2 Å². The number of aliphatic hydroxyl groups excluding tert-OH is 1. The Bertz CT molecular complexity index is 682. The maximum atomic E-state index is 12.9. The highest BCUT2D eigenvalue weighted by atomic mass is 19.1. The minimum atomic E-state index is -0.695. The van der Waals surface area contributed by atoms with E-state index in [4.69, 9.17) is 14.2 Å². The zero-order valence-electron chi connectivity index (χ0n) is 16.4. The fraction of sp³-hybridized carbons (Fsp3) is 0.667. The van der Waals surface area contributed by atoms with Crippen LogP contribution in [0.4, 0.5) is 4.39 Å². The molecule has 3 fully saturated rings.